The molecule has 1 saturated heterocycles. The molecule has 0 aliphatic carbocycles. The molecule has 4 heterocycles. The van der Waals surface area contributed by atoms with Gasteiger partial charge in [-0.15, -0.1) is 6.58 Å². The molecule has 0 spiro atoms. The van der Waals surface area contributed by atoms with Gasteiger partial charge < -0.3 is 25.8 Å². The van der Waals surface area contributed by atoms with Crippen molar-refractivity contribution in [1.29, 1.82) is 0 Å². The highest BCUT2D eigenvalue weighted by Crippen LogP contribution is 2.33. The number of aromatic amines is 1. The number of halogens is 1. The van der Waals surface area contributed by atoms with Gasteiger partial charge in [-0.1, -0.05) is 41.9 Å². The number of anilines is 2. The Morgan fingerprint density at radius 1 is 1.19 bits per heavy atom. The van der Waals surface area contributed by atoms with Gasteiger partial charge >= 0.3 is 6.03 Å². The van der Waals surface area contributed by atoms with Crippen molar-refractivity contribution < 1.29 is 4.79 Å². The second kappa shape index (κ2) is 9.88. The number of nitrogens with zero attached hydrogens (tertiary/aromatic N) is 3. The Bertz CT molecular complexity index is 1470. The number of carbonyl (C=O) groups excluding carboxylic acids is 1. The molecule has 188 valence electrons. The van der Waals surface area contributed by atoms with Crippen LogP contribution in [0.3, 0.4) is 0 Å². The number of H-pyrrole nitrogens is 1. The number of carbonyl (C=O) groups is 1. The molecule has 6 rings (SSSR count). The number of nitrogens with one attached hydrogen (secondary N) is 4. The number of benzene rings is 2. The number of piperidine rings is 1. The average Bonchev–Trinajstić information content (AvgIpc) is 3.54. The highest BCUT2D eigenvalue weighted by molar-refractivity contribution is 6.33. The van der Waals surface area contributed by atoms with E-state index >= 15 is 0 Å². The van der Waals surface area contributed by atoms with Gasteiger partial charge in [0.25, 0.3) is 0 Å². The Kier molecular flexibility index (Phi) is 6.28. The molecule has 0 bridgehead atoms. The largest absolute Gasteiger partial charge is 0.360 e. The zero-order valence-corrected chi connectivity index (χ0v) is 21.1. The number of fused-ring (bicyclic) bond motifs is 2. The summed E-state index contributed by atoms with van der Waals surface area (Å²) in [5.41, 5.74) is 5.89. The summed E-state index contributed by atoms with van der Waals surface area (Å²) >= 11 is 6.47. The predicted octanol–water partition coefficient (Wildman–Crippen LogP) is 5.72. The van der Waals surface area contributed by atoms with Crippen molar-refractivity contribution in [3.8, 4) is 11.3 Å². The minimum absolute atomic E-state index is 0.0797. The summed E-state index contributed by atoms with van der Waals surface area (Å²) in [4.78, 5) is 27.2. The van der Waals surface area contributed by atoms with Gasteiger partial charge in [-0.05, 0) is 42.2 Å². The number of aromatic nitrogens is 3. The van der Waals surface area contributed by atoms with E-state index in [9.17, 15) is 4.79 Å². The number of hydrogen-bond donors (Lipinski definition) is 4. The minimum atomic E-state index is -0.0797. The van der Waals surface area contributed by atoms with Crippen LogP contribution in [-0.4, -0.2) is 45.0 Å². The van der Waals surface area contributed by atoms with E-state index in [1.807, 2.05) is 53.6 Å². The Hall–Kier alpha value is -3.88. The van der Waals surface area contributed by atoms with Crippen LogP contribution in [0.2, 0.25) is 5.02 Å². The molecule has 4 N–H and O–H groups in total. The molecule has 1 atom stereocenters. The molecule has 0 radical (unpaired) electrons. The molecule has 37 heavy (non-hydrogen) atoms. The van der Waals surface area contributed by atoms with E-state index in [0.717, 1.165) is 41.5 Å². The van der Waals surface area contributed by atoms with Crippen LogP contribution in [-0.2, 0) is 6.54 Å². The van der Waals surface area contributed by atoms with Crippen LogP contribution in [0.5, 0.6) is 0 Å². The first kappa shape index (κ1) is 23.5. The molecule has 2 aromatic carbocycles. The lowest BCUT2D eigenvalue weighted by Gasteiger charge is -2.32. The van der Waals surface area contributed by atoms with Crippen molar-refractivity contribution in [2.24, 2.45) is 0 Å². The van der Waals surface area contributed by atoms with Crippen molar-refractivity contribution in [3.05, 3.63) is 83.7 Å². The lowest BCUT2D eigenvalue weighted by Crippen LogP contribution is -2.44. The minimum Gasteiger partial charge on any atom is -0.360 e. The molecule has 0 saturated carbocycles. The standard InChI is InChI=1S/C28H28ClN7O/c1-2-24-21-13-19(8-7-17(21)14-30-24)34-28(37)36-11-9-18(10-12-36)33-27-32-16-23(29)26(35-27)22-15-31-25-6-4-3-5-20(22)25/h2-8,13,15-16,18,24,30-31H,1,9-12,14H2,(H,34,37)(H,32,33,35). The van der Waals surface area contributed by atoms with E-state index in [1.165, 1.54) is 11.1 Å². The van der Waals surface area contributed by atoms with E-state index < -0.39 is 0 Å². The molecule has 9 heteroatoms. The summed E-state index contributed by atoms with van der Waals surface area (Å²) in [5, 5.41) is 11.5. The maximum absolute atomic E-state index is 12.9. The molecule has 8 nitrogen and oxygen atoms in total. The van der Waals surface area contributed by atoms with Crippen molar-refractivity contribution >= 4 is 40.2 Å². The van der Waals surface area contributed by atoms with Gasteiger partial charge in [0.05, 0.1) is 23.0 Å². The second-order valence-electron chi connectivity index (χ2n) is 9.48. The zero-order chi connectivity index (χ0) is 25.4. The van der Waals surface area contributed by atoms with Gasteiger partial charge in [-0.3, -0.25) is 0 Å². The quantitative estimate of drug-likeness (QED) is 0.256. The topological polar surface area (TPSA) is 98.0 Å². The number of urea groups is 1. The van der Waals surface area contributed by atoms with Crippen LogP contribution in [0, 0.1) is 0 Å². The number of rotatable bonds is 5. The summed E-state index contributed by atoms with van der Waals surface area (Å²) in [7, 11) is 0. The zero-order valence-electron chi connectivity index (χ0n) is 20.3. The first-order valence-corrected chi connectivity index (χ1v) is 12.9. The molecule has 2 aliphatic heterocycles. The SMILES string of the molecule is C=CC1NCc2ccc(NC(=O)N3CCC(Nc4ncc(Cl)c(-c5c[nH]c6ccccc56)n4)CC3)cc21. The van der Waals surface area contributed by atoms with Gasteiger partial charge in [0.1, 0.15) is 0 Å². The van der Waals surface area contributed by atoms with Crippen molar-refractivity contribution in [2.75, 3.05) is 23.7 Å². The molecule has 4 aromatic rings. The van der Waals surface area contributed by atoms with E-state index in [4.69, 9.17) is 16.6 Å². The third-order valence-corrected chi connectivity index (χ3v) is 7.46. The Labute approximate surface area is 220 Å². The van der Waals surface area contributed by atoms with Gasteiger partial charge in [-0.25, -0.2) is 14.8 Å². The van der Waals surface area contributed by atoms with Gasteiger partial charge in [0, 0.05) is 54.0 Å². The molecular weight excluding hydrogens is 486 g/mol. The molecule has 1 unspecified atom stereocenters. The molecule has 1 fully saturated rings. The maximum atomic E-state index is 12.9. The monoisotopic (exact) mass is 513 g/mol. The summed E-state index contributed by atoms with van der Waals surface area (Å²) in [6.45, 7) is 6.01. The van der Waals surface area contributed by atoms with E-state index in [1.54, 1.807) is 6.20 Å². The Morgan fingerprint density at radius 2 is 2.03 bits per heavy atom. The van der Waals surface area contributed by atoms with E-state index in [-0.39, 0.29) is 18.1 Å². The van der Waals surface area contributed by atoms with Crippen molar-refractivity contribution in [2.45, 2.75) is 31.5 Å². The van der Waals surface area contributed by atoms with Crippen LogP contribution >= 0.6 is 11.6 Å². The molecule has 2 amide bonds. The fourth-order valence-electron chi connectivity index (χ4n) is 5.17. The predicted molar refractivity (Wildman–Crippen MR) is 148 cm³/mol. The number of hydrogen-bond acceptors (Lipinski definition) is 5. The molecule has 2 aliphatic rings. The van der Waals surface area contributed by atoms with Crippen molar-refractivity contribution in [1.82, 2.24) is 25.2 Å². The van der Waals surface area contributed by atoms with Crippen LogP contribution in [0.4, 0.5) is 16.4 Å². The Balaban J connectivity index is 1.08. The summed E-state index contributed by atoms with van der Waals surface area (Å²) in [6, 6.07) is 14.3. The number of para-hydroxylation sites is 1. The highest BCUT2D eigenvalue weighted by Gasteiger charge is 2.25. The smallest absolute Gasteiger partial charge is 0.321 e. The third-order valence-electron chi connectivity index (χ3n) is 7.18. The lowest BCUT2D eigenvalue weighted by molar-refractivity contribution is 0.197. The van der Waals surface area contributed by atoms with Crippen LogP contribution in [0.25, 0.3) is 22.2 Å². The van der Waals surface area contributed by atoms with Crippen LogP contribution in [0.15, 0.2) is 67.5 Å². The molecular formula is C28H28ClN7O. The Morgan fingerprint density at radius 3 is 2.86 bits per heavy atom. The average molecular weight is 514 g/mol. The summed E-state index contributed by atoms with van der Waals surface area (Å²) in [6.07, 6.45) is 7.06. The van der Waals surface area contributed by atoms with Gasteiger partial charge in [0.2, 0.25) is 5.95 Å². The van der Waals surface area contributed by atoms with Crippen molar-refractivity contribution in [3.63, 3.8) is 0 Å². The highest BCUT2D eigenvalue weighted by atomic mass is 35.5. The first-order chi connectivity index (χ1) is 18.1. The number of amides is 2. The van der Waals surface area contributed by atoms with Gasteiger partial charge in [-0.2, -0.15) is 0 Å². The summed E-state index contributed by atoms with van der Waals surface area (Å²) in [5.74, 6) is 0.538. The number of likely N-dealkylation sites (tertiary alicyclic amines) is 1. The normalized spacial score (nSPS) is 17.5. The first-order valence-electron chi connectivity index (χ1n) is 12.5. The second-order valence-corrected chi connectivity index (χ2v) is 9.89. The fourth-order valence-corrected chi connectivity index (χ4v) is 5.36. The van der Waals surface area contributed by atoms with Crippen LogP contribution < -0.4 is 16.0 Å². The lowest BCUT2D eigenvalue weighted by atomic mass is 10.0. The maximum Gasteiger partial charge on any atom is 0.321 e. The van der Waals surface area contributed by atoms with E-state index in [0.29, 0.717) is 29.8 Å². The van der Waals surface area contributed by atoms with Crippen LogP contribution in [0.1, 0.15) is 30.0 Å². The van der Waals surface area contributed by atoms with E-state index in [2.05, 4.69) is 38.6 Å². The summed E-state index contributed by atoms with van der Waals surface area (Å²) < 4.78 is 0. The molecule has 2 aromatic heterocycles. The third kappa shape index (κ3) is 4.65. The van der Waals surface area contributed by atoms with Gasteiger partial charge in [0.15, 0.2) is 0 Å². The fraction of sp³-hybridized carbons (Fsp3) is 0.250.